The quantitative estimate of drug-likeness (QED) is 0.170. The van der Waals surface area contributed by atoms with E-state index in [0.29, 0.717) is 0 Å². The van der Waals surface area contributed by atoms with Gasteiger partial charge in [-0.15, -0.1) is 0 Å². The zero-order valence-electron chi connectivity index (χ0n) is 32.2. The zero-order valence-corrected chi connectivity index (χ0v) is 32.2. The van der Waals surface area contributed by atoms with Crippen LogP contribution in [0.4, 0.5) is 17.1 Å². The van der Waals surface area contributed by atoms with E-state index in [4.69, 9.17) is 0 Å². The number of para-hydroxylation sites is 1. The Balaban J connectivity index is 1.19. The average Bonchev–Trinajstić information content (AvgIpc) is 3.80. The van der Waals surface area contributed by atoms with Crippen LogP contribution in [0.2, 0.25) is 0 Å². The molecular weight excluding hydrogens is 713 g/mol. The molecule has 2 heteroatoms. The number of nitrogens with zero attached hydrogens (tertiary/aromatic N) is 2. The van der Waals surface area contributed by atoms with Crippen molar-refractivity contribution in [2.75, 3.05) is 4.90 Å². The maximum atomic E-state index is 2.53. The molecule has 2 aliphatic rings. The van der Waals surface area contributed by atoms with Crippen LogP contribution in [0.15, 0.2) is 218 Å². The number of hydrogen-bond donors (Lipinski definition) is 0. The van der Waals surface area contributed by atoms with Crippen molar-refractivity contribution >= 4 is 60.4 Å². The smallest absolute Gasteiger partial charge is 0.0727 e. The highest BCUT2D eigenvalue weighted by molar-refractivity contribution is 6.27. The molecule has 0 atom stereocenters. The molecule has 0 bridgehead atoms. The van der Waals surface area contributed by atoms with Crippen LogP contribution in [0.25, 0.3) is 71.3 Å². The van der Waals surface area contributed by atoms with E-state index in [1.807, 2.05) is 0 Å². The van der Waals surface area contributed by atoms with Crippen LogP contribution in [0.5, 0.6) is 0 Å². The SMILES string of the molecule is c1ccc(-c2ccc(N(c3ccc4ccccc4c3)c3cc4c5c6c7c(cccc7ccc6n(-c6ccccc6)c5c3)C43c4ccccc4-c4ccccc43)cc2)cc1. The number of anilines is 3. The fourth-order valence-corrected chi connectivity index (χ4v) is 10.7. The fraction of sp³-hybridized carbons (Fsp3) is 0.0175. The number of rotatable bonds is 5. The van der Waals surface area contributed by atoms with Gasteiger partial charge in [-0.2, -0.15) is 0 Å². The van der Waals surface area contributed by atoms with Crippen molar-refractivity contribution in [2.45, 2.75) is 5.41 Å². The molecule has 1 spiro atoms. The van der Waals surface area contributed by atoms with Crippen LogP contribution in [-0.2, 0) is 5.41 Å². The standard InChI is InChI=1S/C57H36N2/c1-3-14-37(15-4-1)39-26-30-43(31-27-39)58(44-32-28-38-16-7-8-17-41(38)34-44)45-35-51-55-53(36-45)59(42-19-5-2-6-20-42)52-33-29-40-18-13-25-50(54(40)56(52)55)57(51)48-23-11-9-21-46(48)47-22-10-12-24-49(47)57/h1-36H. The molecule has 0 saturated heterocycles. The first-order valence-electron chi connectivity index (χ1n) is 20.5. The first kappa shape index (κ1) is 32.4. The lowest BCUT2D eigenvalue weighted by Crippen LogP contribution is -2.31. The average molecular weight is 749 g/mol. The molecule has 0 N–H and O–H groups in total. The van der Waals surface area contributed by atoms with Gasteiger partial charge in [-0.05, 0) is 121 Å². The molecule has 0 amide bonds. The third kappa shape index (κ3) is 4.40. The fourth-order valence-electron chi connectivity index (χ4n) is 10.7. The summed E-state index contributed by atoms with van der Waals surface area (Å²) in [6.45, 7) is 0. The van der Waals surface area contributed by atoms with Crippen LogP contribution in [0, 0.1) is 0 Å². The second-order valence-corrected chi connectivity index (χ2v) is 16.0. The summed E-state index contributed by atoms with van der Waals surface area (Å²) in [7, 11) is 0. The monoisotopic (exact) mass is 748 g/mol. The summed E-state index contributed by atoms with van der Waals surface area (Å²) in [5, 5.41) is 7.71. The highest BCUT2D eigenvalue weighted by Crippen LogP contribution is 2.63. The van der Waals surface area contributed by atoms with Gasteiger partial charge in [0.15, 0.2) is 0 Å². The van der Waals surface area contributed by atoms with E-state index in [9.17, 15) is 0 Å². The van der Waals surface area contributed by atoms with E-state index >= 15 is 0 Å². The van der Waals surface area contributed by atoms with Gasteiger partial charge < -0.3 is 9.47 Å². The van der Waals surface area contributed by atoms with Crippen molar-refractivity contribution < 1.29 is 0 Å². The molecule has 13 rings (SSSR count). The molecule has 1 heterocycles. The van der Waals surface area contributed by atoms with E-state index in [1.165, 1.54) is 87.9 Å². The van der Waals surface area contributed by atoms with Crippen LogP contribution in [0.3, 0.4) is 0 Å². The Kier molecular flexibility index (Phi) is 6.68. The maximum Gasteiger partial charge on any atom is 0.0727 e. The molecule has 2 aliphatic carbocycles. The van der Waals surface area contributed by atoms with E-state index in [1.54, 1.807) is 0 Å². The molecule has 10 aromatic carbocycles. The van der Waals surface area contributed by atoms with Gasteiger partial charge in [-0.3, -0.25) is 0 Å². The maximum absolute atomic E-state index is 2.53. The zero-order chi connectivity index (χ0) is 38.7. The normalized spacial score (nSPS) is 13.2. The number of benzene rings is 10. The Labute approximate surface area is 342 Å². The van der Waals surface area contributed by atoms with Crippen molar-refractivity contribution in [3.05, 3.63) is 241 Å². The third-order valence-corrected chi connectivity index (χ3v) is 13.1. The Morgan fingerprint density at radius 2 is 0.915 bits per heavy atom. The minimum atomic E-state index is -0.544. The summed E-state index contributed by atoms with van der Waals surface area (Å²) in [6.07, 6.45) is 0. The van der Waals surface area contributed by atoms with Gasteiger partial charge >= 0.3 is 0 Å². The Morgan fingerprint density at radius 1 is 0.322 bits per heavy atom. The summed E-state index contributed by atoms with van der Waals surface area (Å²) >= 11 is 0. The number of fused-ring (bicyclic) bond motifs is 8. The molecule has 0 fully saturated rings. The van der Waals surface area contributed by atoms with E-state index in [2.05, 4.69) is 228 Å². The Morgan fingerprint density at radius 3 is 1.68 bits per heavy atom. The molecule has 0 radical (unpaired) electrons. The minimum absolute atomic E-state index is 0.544. The minimum Gasteiger partial charge on any atom is -0.310 e. The van der Waals surface area contributed by atoms with Gasteiger partial charge in [0, 0.05) is 33.5 Å². The van der Waals surface area contributed by atoms with Crippen LogP contribution in [-0.4, -0.2) is 4.57 Å². The largest absolute Gasteiger partial charge is 0.310 e. The van der Waals surface area contributed by atoms with Crippen LogP contribution < -0.4 is 4.90 Å². The van der Waals surface area contributed by atoms with E-state index in [-0.39, 0.29) is 0 Å². The Hall–Kier alpha value is -7.68. The molecule has 2 nitrogen and oxygen atoms in total. The van der Waals surface area contributed by atoms with Crippen LogP contribution >= 0.6 is 0 Å². The highest BCUT2D eigenvalue weighted by atomic mass is 15.1. The summed E-state index contributed by atoms with van der Waals surface area (Å²) < 4.78 is 2.51. The summed E-state index contributed by atoms with van der Waals surface area (Å²) in [5.41, 5.74) is 16.7. The van der Waals surface area contributed by atoms with Gasteiger partial charge in [0.05, 0.1) is 16.4 Å². The molecule has 0 aliphatic heterocycles. The molecule has 11 aromatic rings. The molecule has 59 heavy (non-hydrogen) atoms. The predicted molar refractivity (Wildman–Crippen MR) is 247 cm³/mol. The third-order valence-electron chi connectivity index (χ3n) is 13.1. The molecule has 0 saturated carbocycles. The summed E-state index contributed by atoms with van der Waals surface area (Å²) in [5.74, 6) is 0. The topological polar surface area (TPSA) is 8.17 Å². The van der Waals surface area contributed by atoms with Crippen molar-refractivity contribution in [1.29, 1.82) is 0 Å². The molecule has 0 unspecified atom stereocenters. The summed E-state index contributed by atoms with van der Waals surface area (Å²) in [6, 6.07) is 81.2. The second-order valence-electron chi connectivity index (χ2n) is 16.0. The second kappa shape index (κ2) is 12.2. The highest BCUT2D eigenvalue weighted by Gasteiger charge is 2.50. The molecule has 1 aromatic heterocycles. The van der Waals surface area contributed by atoms with Crippen molar-refractivity contribution in [2.24, 2.45) is 0 Å². The predicted octanol–water partition coefficient (Wildman–Crippen LogP) is 14.9. The first-order chi connectivity index (χ1) is 29.3. The molecular formula is C57H36N2. The number of hydrogen-bond acceptors (Lipinski definition) is 1. The molecule has 274 valence electrons. The first-order valence-corrected chi connectivity index (χ1v) is 20.5. The number of aromatic nitrogens is 1. The lowest BCUT2D eigenvalue weighted by Gasteiger charge is -2.39. The van der Waals surface area contributed by atoms with Crippen molar-refractivity contribution in [3.8, 4) is 27.9 Å². The van der Waals surface area contributed by atoms with Crippen molar-refractivity contribution in [1.82, 2.24) is 4.57 Å². The van der Waals surface area contributed by atoms with Crippen LogP contribution in [0.1, 0.15) is 22.3 Å². The summed E-state index contributed by atoms with van der Waals surface area (Å²) in [4.78, 5) is 2.47. The van der Waals surface area contributed by atoms with E-state index in [0.717, 1.165) is 22.7 Å². The van der Waals surface area contributed by atoms with Gasteiger partial charge in [-0.25, -0.2) is 0 Å². The van der Waals surface area contributed by atoms with Gasteiger partial charge in [0.2, 0.25) is 0 Å². The lowest BCUT2D eigenvalue weighted by atomic mass is 9.63. The van der Waals surface area contributed by atoms with Gasteiger partial charge in [-0.1, -0.05) is 164 Å². The van der Waals surface area contributed by atoms with Gasteiger partial charge in [0.25, 0.3) is 0 Å². The van der Waals surface area contributed by atoms with E-state index < -0.39 is 5.41 Å². The Bertz CT molecular complexity index is 3440. The lowest BCUT2D eigenvalue weighted by molar-refractivity contribution is 0.783. The van der Waals surface area contributed by atoms with Crippen molar-refractivity contribution in [3.63, 3.8) is 0 Å². The van der Waals surface area contributed by atoms with Gasteiger partial charge in [0.1, 0.15) is 0 Å².